The van der Waals surface area contributed by atoms with Gasteiger partial charge in [0.1, 0.15) is 4.88 Å². The molecule has 134 valence electrons. The fraction of sp³-hybridized carbons (Fsp3) is 0.200. The summed E-state index contributed by atoms with van der Waals surface area (Å²) in [7, 11) is 0. The normalized spacial score (nSPS) is 12.0. The number of esters is 1. The minimum atomic E-state index is -0.936. The Morgan fingerprint density at radius 2 is 1.85 bits per heavy atom. The second-order valence-electron chi connectivity index (χ2n) is 5.83. The van der Waals surface area contributed by atoms with Crippen LogP contribution >= 0.6 is 22.9 Å². The van der Waals surface area contributed by atoms with E-state index in [1.54, 1.807) is 0 Å². The monoisotopic (exact) mass is 387 g/mol. The lowest BCUT2D eigenvalue weighted by Gasteiger charge is -2.13. The number of aryl methyl sites for hydroxylation is 1. The summed E-state index contributed by atoms with van der Waals surface area (Å²) in [5.74, 6) is -0.986. The number of nitrogens with one attached hydrogen (secondary N) is 1. The fourth-order valence-electron chi connectivity index (χ4n) is 2.48. The second-order valence-corrected chi connectivity index (χ2v) is 7.26. The highest BCUT2D eigenvalue weighted by atomic mass is 35.5. The molecule has 1 heterocycles. The summed E-state index contributed by atoms with van der Waals surface area (Å²) in [5, 5.41) is 3.91. The molecule has 3 aromatic rings. The summed E-state index contributed by atoms with van der Waals surface area (Å²) in [6, 6.07) is 15.0. The number of carbonyl (C=O) groups is 2. The lowest BCUT2D eigenvalue weighted by molar-refractivity contribution is -0.123. The number of halogens is 1. The number of hydrogen-bond donors (Lipinski definition) is 1. The maximum Gasteiger partial charge on any atom is 0.350 e. The van der Waals surface area contributed by atoms with Gasteiger partial charge < -0.3 is 10.1 Å². The first-order chi connectivity index (χ1) is 12.5. The Kier molecular flexibility index (Phi) is 5.59. The number of ether oxygens (including phenoxy) is 1. The minimum absolute atomic E-state index is 0.305. The molecule has 1 atom stereocenters. The molecule has 1 aromatic heterocycles. The molecule has 0 aliphatic carbocycles. The van der Waals surface area contributed by atoms with E-state index in [1.165, 1.54) is 23.8 Å². The number of anilines is 1. The Morgan fingerprint density at radius 3 is 2.50 bits per heavy atom. The predicted molar refractivity (Wildman–Crippen MR) is 106 cm³/mol. The van der Waals surface area contributed by atoms with Crippen LogP contribution in [0.3, 0.4) is 0 Å². The van der Waals surface area contributed by atoms with Crippen molar-refractivity contribution < 1.29 is 14.3 Å². The largest absolute Gasteiger partial charge is 0.448 e. The van der Waals surface area contributed by atoms with Crippen molar-refractivity contribution in [1.82, 2.24) is 0 Å². The SMILES string of the molecule is CCc1ccc(NC(=O)C(C)OC(=O)c2sc3ccccc3c2Cl)cc1. The molecule has 1 N–H and O–H groups in total. The zero-order valence-electron chi connectivity index (χ0n) is 14.4. The van der Waals surface area contributed by atoms with Gasteiger partial charge in [0.05, 0.1) is 5.02 Å². The molecule has 26 heavy (non-hydrogen) atoms. The fourth-order valence-corrected chi connectivity index (χ4v) is 3.87. The van der Waals surface area contributed by atoms with E-state index in [0.29, 0.717) is 15.6 Å². The van der Waals surface area contributed by atoms with Crippen LogP contribution in [0.15, 0.2) is 48.5 Å². The van der Waals surface area contributed by atoms with E-state index in [4.69, 9.17) is 16.3 Å². The van der Waals surface area contributed by atoms with Gasteiger partial charge in [0.2, 0.25) is 0 Å². The van der Waals surface area contributed by atoms with Gasteiger partial charge in [-0.3, -0.25) is 4.79 Å². The zero-order valence-corrected chi connectivity index (χ0v) is 16.0. The Labute approximate surface area is 160 Å². The summed E-state index contributed by atoms with van der Waals surface area (Å²) in [6.07, 6.45) is -0.00679. The van der Waals surface area contributed by atoms with Crippen LogP contribution in [0, 0.1) is 0 Å². The topological polar surface area (TPSA) is 55.4 Å². The van der Waals surface area contributed by atoms with E-state index in [1.807, 2.05) is 48.5 Å². The van der Waals surface area contributed by atoms with Gasteiger partial charge in [-0.1, -0.05) is 48.9 Å². The quantitative estimate of drug-likeness (QED) is 0.604. The molecule has 1 amide bonds. The molecule has 1 unspecified atom stereocenters. The molecule has 0 bridgehead atoms. The van der Waals surface area contributed by atoms with Crippen molar-refractivity contribution >= 4 is 50.6 Å². The number of rotatable bonds is 5. The van der Waals surface area contributed by atoms with Crippen molar-refractivity contribution in [3.63, 3.8) is 0 Å². The van der Waals surface area contributed by atoms with Crippen LogP contribution in [0.1, 0.15) is 29.1 Å². The van der Waals surface area contributed by atoms with Crippen LogP contribution in [-0.4, -0.2) is 18.0 Å². The Hall–Kier alpha value is -2.37. The number of amides is 1. The molecule has 4 nitrogen and oxygen atoms in total. The predicted octanol–water partition coefficient (Wildman–Crippen LogP) is 5.30. The van der Waals surface area contributed by atoms with E-state index < -0.39 is 12.1 Å². The van der Waals surface area contributed by atoms with Crippen LogP contribution in [0.25, 0.3) is 10.1 Å². The first-order valence-corrected chi connectivity index (χ1v) is 9.47. The number of benzene rings is 2. The molecule has 6 heteroatoms. The van der Waals surface area contributed by atoms with Crippen molar-refractivity contribution in [3.05, 3.63) is 64.0 Å². The van der Waals surface area contributed by atoms with Crippen molar-refractivity contribution in [3.8, 4) is 0 Å². The maximum absolute atomic E-state index is 12.4. The maximum atomic E-state index is 12.4. The average molecular weight is 388 g/mol. The Bertz CT molecular complexity index is 949. The molecule has 3 rings (SSSR count). The lowest BCUT2D eigenvalue weighted by Crippen LogP contribution is -2.29. The van der Waals surface area contributed by atoms with Gasteiger partial charge in [-0.05, 0) is 37.1 Å². The van der Waals surface area contributed by atoms with Crippen LogP contribution in [-0.2, 0) is 16.0 Å². The van der Waals surface area contributed by atoms with Gasteiger partial charge in [-0.15, -0.1) is 11.3 Å². The van der Waals surface area contributed by atoms with E-state index in [-0.39, 0.29) is 5.91 Å². The second kappa shape index (κ2) is 7.89. The van der Waals surface area contributed by atoms with Gasteiger partial charge in [0.25, 0.3) is 5.91 Å². The minimum Gasteiger partial charge on any atom is -0.448 e. The molecule has 0 radical (unpaired) electrons. The molecule has 0 saturated heterocycles. The van der Waals surface area contributed by atoms with Gasteiger partial charge in [0.15, 0.2) is 6.10 Å². The molecule has 0 saturated carbocycles. The molecule has 2 aromatic carbocycles. The van der Waals surface area contributed by atoms with E-state index in [2.05, 4.69) is 12.2 Å². The first kappa shape index (κ1) is 18.4. The van der Waals surface area contributed by atoms with Crippen LogP contribution < -0.4 is 5.32 Å². The Balaban J connectivity index is 1.67. The van der Waals surface area contributed by atoms with Gasteiger partial charge in [-0.25, -0.2) is 4.79 Å². The molecule has 0 spiro atoms. The van der Waals surface area contributed by atoms with Crippen molar-refractivity contribution in [2.24, 2.45) is 0 Å². The van der Waals surface area contributed by atoms with E-state index in [9.17, 15) is 9.59 Å². The van der Waals surface area contributed by atoms with Gasteiger partial charge in [0, 0.05) is 15.8 Å². The summed E-state index contributed by atoms with van der Waals surface area (Å²) < 4.78 is 6.20. The van der Waals surface area contributed by atoms with Crippen molar-refractivity contribution in [2.45, 2.75) is 26.4 Å². The number of fused-ring (bicyclic) bond motifs is 1. The van der Waals surface area contributed by atoms with Crippen LogP contribution in [0.5, 0.6) is 0 Å². The highest BCUT2D eigenvalue weighted by molar-refractivity contribution is 7.21. The van der Waals surface area contributed by atoms with Crippen LogP contribution in [0.4, 0.5) is 5.69 Å². The Morgan fingerprint density at radius 1 is 1.15 bits per heavy atom. The first-order valence-electron chi connectivity index (χ1n) is 8.27. The number of hydrogen-bond acceptors (Lipinski definition) is 4. The standard InChI is InChI=1S/C20H18ClNO3S/c1-3-13-8-10-14(11-9-13)22-19(23)12(2)25-20(24)18-17(21)15-6-4-5-7-16(15)26-18/h4-12H,3H2,1-2H3,(H,22,23). The molecular weight excluding hydrogens is 370 g/mol. The molecule has 0 aliphatic heterocycles. The third-order valence-corrected chi connectivity index (χ3v) is 5.66. The van der Waals surface area contributed by atoms with Crippen LogP contribution in [0.2, 0.25) is 5.02 Å². The molecule has 0 fully saturated rings. The average Bonchev–Trinajstić information content (AvgIpc) is 2.99. The molecule has 0 aliphatic rings. The highest BCUT2D eigenvalue weighted by Crippen LogP contribution is 2.35. The summed E-state index contributed by atoms with van der Waals surface area (Å²) in [6.45, 7) is 3.60. The third kappa shape index (κ3) is 3.89. The summed E-state index contributed by atoms with van der Waals surface area (Å²) in [4.78, 5) is 25.0. The van der Waals surface area contributed by atoms with Crippen molar-refractivity contribution in [1.29, 1.82) is 0 Å². The smallest absolute Gasteiger partial charge is 0.350 e. The van der Waals surface area contributed by atoms with Crippen molar-refractivity contribution in [2.75, 3.05) is 5.32 Å². The van der Waals surface area contributed by atoms with Gasteiger partial charge in [-0.2, -0.15) is 0 Å². The highest BCUT2D eigenvalue weighted by Gasteiger charge is 2.23. The number of thiophene rings is 1. The molecular formula is C20H18ClNO3S. The van der Waals surface area contributed by atoms with Gasteiger partial charge >= 0.3 is 5.97 Å². The number of carbonyl (C=O) groups excluding carboxylic acids is 2. The van der Waals surface area contributed by atoms with E-state index >= 15 is 0 Å². The summed E-state index contributed by atoms with van der Waals surface area (Å²) >= 11 is 7.54. The lowest BCUT2D eigenvalue weighted by atomic mass is 10.1. The third-order valence-electron chi connectivity index (χ3n) is 4.00. The zero-order chi connectivity index (χ0) is 18.7. The van der Waals surface area contributed by atoms with E-state index in [0.717, 1.165) is 16.5 Å². The summed E-state index contributed by atoms with van der Waals surface area (Å²) in [5.41, 5.74) is 1.84.